The van der Waals surface area contributed by atoms with E-state index in [9.17, 15) is 9.59 Å². The van der Waals surface area contributed by atoms with Gasteiger partial charge in [0, 0.05) is 6.54 Å². The highest BCUT2D eigenvalue weighted by molar-refractivity contribution is 5.92. The number of hydrogen-bond acceptors (Lipinski definition) is 3. The average Bonchev–Trinajstić information content (AvgIpc) is 3.05. The zero-order chi connectivity index (χ0) is 17.5. The molecule has 5 nitrogen and oxygen atoms in total. The fourth-order valence-electron chi connectivity index (χ4n) is 2.86. The third-order valence-corrected chi connectivity index (χ3v) is 4.24. The SMILES string of the molecule is O=C(NCCCCc1ccccc1)N1C[C@@H](c2ccccc2)OC1=O. The van der Waals surface area contributed by atoms with E-state index in [0.717, 1.165) is 29.7 Å². The Bertz CT molecular complexity index is 703. The molecule has 5 heteroatoms. The molecule has 0 unspecified atom stereocenters. The predicted molar refractivity (Wildman–Crippen MR) is 95.1 cm³/mol. The minimum absolute atomic E-state index is 0.249. The van der Waals surface area contributed by atoms with Crippen LogP contribution in [0.4, 0.5) is 9.59 Å². The Hall–Kier alpha value is -2.82. The number of carbonyl (C=O) groups is 2. The molecule has 1 atom stereocenters. The molecule has 3 rings (SSSR count). The van der Waals surface area contributed by atoms with Gasteiger partial charge >= 0.3 is 12.1 Å². The summed E-state index contributed by atoms with van der Waals surface area (Å²) < 4.78 is 5.29. The average molecular weight is 338 g/mol. The molecule has 1 N–H and O–H groups in total. The maximum atomic E-state index is 12.2. The third-order valence-electron chi connectivity index (χ3n) is 4.24. The van der Waals surface area contributed by atoms with Crippen molar-refractivity contribution >= 4 is 12.1 Å². The van der Waals surface area contributed by atoms with Gasteiger partial charge in [-0.15, -0.1) is 0 Å². The normalized spacial score (nSPS) is 16.6. The van der Waals surface area contributed by atoms with Crippen LogP contribution in [0.1, 0.15) is 30.1 Å². The van der Waals surface area contributed by atoms with Gasteiger partial charge in [0.15, 0.2) is 0 Å². The van der Waals surface area contributed by atoms with E-state index in [4.69, 9.17) is 4.74 Å². The number of nitrogens with zero attached hydrogens (tertiary/aromatic N) is 1. The lowest BCUT2D eigenvalue weighted by molar-refractivity contribution is 0.134. The molecule has 25 heavy (non-hydrogen) atoms. The van der Waals surface area contributed by atoms with Crippen molar-refractivity contribution in [2.75, 3.05) is 13.1 Å². The summed E-state index contributed by atoms with van der Waals surface area (Å²) in [5.74, 6) is 0. The van der Waals surface area contributed by atoms with E-state index in [2.05, 4.69) is 17.4 Å². The topological polar surface area (TPSA) is 58.6 Å². The van der Waals surface area contributed by atoms with E-state index >= 15 is 0 Å². The van der Waals surface area contributed by atoms with E-state index in [1.165, 1.54) is 5.56 Å². The van der Waals surface area contributed by atoms with Crippen molar-refractivity contribution < 1.29 is 14.3 Å². The molecule has 1 aliphatic rings. The van der Waals surface area contributed by atoms with Gasteiger partial charge < -0.3 is 10.1 Å². The molecule has 2 aromatic carbocycles. The molecule has 0 radical (unpaired) electrons. The van der Waals surface area contributed by atoms with Crippen molar-refractivity contribution in [2.24, 2.45) is 0 Å². The second-order valence-electron chi connectivity index (χ2n) is 6.07. The van der Waals surface area contributed by atoms with Gasteiger partial charge in [-0.1, -0.05) is 60.7 Å². The number of nitrogens with one attached hydrogen (secondary N) is 1. The van der Waals surface area contributed by atoms with Crippen molar-refractivity contribution in [3.63, 3.8) is 0 Å². The number of urea groups is 1. The smallest absolute Gasteiger partial charge is 0.418 e. The van der Waals surface area contributed by atoms with Crippen LogP contribution in [0.5, 0.6) is 0 Å². The second kappa shape index (κ2) is 8.33. The first-order valence-electron chi connectivity index (χ1n) is 8.59. The first-order chi connectivity index (χ1) is 12.2. The summed E-state index contributed by atoms with van der Waals surface area (Å²) >= 11 is 0. The van der Waals surface area contributed by atoms with Crippen LogP contribution in [0.25, 0.3) is 0 Å². The van der Waals surface area contributed by atoms with Gasteiger partial charge in [0.2, 0.25) is 0 Å². The van der Waals surface area contributed by atoms with Crippen molar-refractivity contribution in [1.29, 1.82) is 0 Å². The van der Waals surface area contributed by atoms with Gasteiger partial charge in [-0.05, 0) is 30.4 Å². The summed E-state index contributed by atoms with van der Waals surface area (Å²) in [4.78, 5) is 25.2. The molecule has 1 fully saturated rings. The summed E-state index contributed by atoms with van der Waals surface area (Å²) in [6, 6.07) is 19.3. The molecule has 130 valence electrons. The number of amides is 3. The molecular formula is C20H22N2O3. The Balaban J connectivity index is 1.40. The monoisotopic (exact) mass is 338 g/mol. The number of rotatable bonds is 6. The van der Waals surface area contributed by atoms with E-state index in [-0.39, 0.29) is 12.6 Å². The zero-order valence-corrected chi connectivity index (χ0v) is 14.1. The van der Waals surface area contributed by atoms with E-state index in [1.54, 1.807) is 0 Å². The Morgan fingerprint density at radius 2 is 1.72 bits per heavy atom. The third kappa shape index (κ3) is 4.59. The number of hydrogen-bond donors (Lipinski definition) is 1. The minimum Gasteiger partial charge on any atom is -0.439 e. The minimum atomic E-state index is -0.587. The largest absolute Gasteiger partial charge is 0.439 e. The van der Waals surface area contributed by atoms with Crippen LogP contribution in [0.3, 0.4) is 0 Å². The van der Waals surface area contributed by atoms with Gasteiger partial charge in [0.05, 0.1) is 6.54 Å². The van der Waals surface area contributed by atoms with Crippen LogP contribution in [-0.4, -0.2) is 30.1 Å². The Labute approximate surface area is 147 Å². The fraction of sp³-hybridized carbons (Fsp3) is 0.300. The van der Waals surface area contributed by atoms with Crippen LogP contribution in [0.2, 0.25) is 0 Å². The number of aryl methyl sites for hydroxylation is 1. The summed E-state index contributed by atoms with van der Waals surface area (Å²) in [7, 11) is 0. The first-order valence-corrected chi connectivity index (χ1v) is 8.59. The standard InChI is InChI=1S/C20H22N2O3/c23-19(21-14-8-7-11-16-9-3-1-4-10-16)22-15-18(25-20(22)24)17-12-5-2-6-13-17/h1-6,9-10,12-13,18H,7-8,11,14-15H2,(H,21,23)/t18-/m0/s1. The van der Waals surface area contributed by atoms with Gasteiger partial charge in [-0.2, -0.15) is 0 Å². The van der Waals surface area contributed by atoms with Gasteiger partial charge in [-0.3, -0.25) is 0 Å². The number of ether oxygens (including phenoxy) is 1. The second-order valence-corrected chi connectivity index (χ2v) is 6.07. The molecule has 1 saturated heterocycles. The van der Waals surface area contributed by atoms with Gasteiger partial charge in [-0.25, -0.2) is 14.5 Å². The summed E-state index contributed by atoms with van der Waals surface area (Å²) in [6.07, 6.45) is 1.86. The molecule has 0 bridgehead atoms. The lowest BCUT2D eigenvalue weighted by Crippen LogP contribution is -2.40. The Kier molecular flexibility index (Phi) is 5.67. The van der Waals surface area contributed by atoms with Gasteiger partial charge in [0.25, 0.3) is 0 Å². The van der Waals surface area contributed by atoms with Gasteiger partial charge in [0.1, 0.15) is 6.10 Å². The fourth-order valence-corrected chi connectivity index (χ4v) is 2.86. The molecule has 3 amide bonds. The van der Waals surface area contributed by atoms with Crippen molar-refractivity contribution in [2.45, 2.75) is 25.4 Å². The summed E-state index contributed by atoms with van der Waals surface area (Å²) in [6.45, 7) is 0.796. The first kappa shape index (κ1) is 17.0. The Morgan fingerprint density at radius 3 is 2.44 bits per heavy atom. The summed E-state index contributed by atoms with van der Waals surface area (Å²) in [5, 5.41) is 2.80. The van der Waals surface area contributed by atoms with Crippen molar-refractivity contribution in [3.05, 3.63) is 71.8 Å². The predicted octanol–water partition coefficient (Wildman–Crippen LogP) is 3.91. The van der Waals surface area contributed by atoms with Crippen LogP contribution in [-0.2, 0) is 11.2 Å². The maximum Gasteiger partial charge on any atom is 0.418 e. The number of imide groups is 1. The maximum absolute atomic E-state index is 12.2. The van der Waals surface area contributed by atoms with Crippen molar-refractivity contribution in [3.8, 4) is 0 Å². The molecule has 1 heterocycles. The number of benzene rings is 2. The zero-order valence-electron chi connectivity index (χ0n) is 14.1. The molecule has 2 aromatic rings. The van der Waals surface area contributed by atoms with E-state index in [0.29, 0.717) is 6.54 Å². The molecule has 0 saturated carbocycles. The molecule has 1 aliphatic heterocycles. The molecular weight excluding hydrogens is 316 g/mol. The lowest BCUT2D eigenvalue weighted by atomic mass is 10.1. The lowest BCUT2D eigenvalue weighted by Gasteiger charge is -2.12. The highest BCUT2D eigenvalue weighted by atomic mass is 16.6. The number of cyclic esters (lactones) is 1. The van der Waals surface area contributed by atoms with Crippen LogP contribution >= 0.6 is 0 Å². The highest BCUT2D eigenvalue weighted by Gasteiger charge is 2.36. The highest BCUT2D eigenvalue weighted by Crippen LogP contribution is 2.25. The quantitative estimate of drug-likeness (QED) is 0.812. The van der Waals surface area contributed by atoms with Crippen molar-refractivity contribution in [1.82, 2.24) is 10.2 Å². The van der Waals surface area contributed by atoms with Crippen LogP contribution in [0, 0.1) is 0 Å². The van der Waals surface area contributed by atoms with Crippen LogP contribution < -0.4 is 5.32 Å². The number of unbranched alkanes of at least 4 members (excludes halogenated alkanes) is 1. The molecule has 0 aromatic heterocycles. The van der Waals surface area contributed by atoms with Crippen LogP contribution in [0.15, 0.2) is 60.7 Å². The summed E-state index contributed by atoms with van der Waals surface area (Å²) in [5.41, 5.74) is 2.19. The Morgan fingerprint density at radius 1 is 1.04 bits per heavy atom. The number of carbonyl (C=O) groups excluding carboxylic acids is 2. The molecule has 0 aliphatic carbocycles. The van der Waals surface area contributed by atoms with E-state index < -0.39 is 12.2 Å². The molecule has 0 spiro atoms. The van der Waals surface area contributed by atoms with E-state index in [1.807, 2.05) is 48.5 Å².